The Balaban J connectivity index is 1.64. The number of rotatable bonds is 6. The predicted molar refractivity (Wildman–Crippen MR) is 72.5 cm³/mol. The largest absolute Gasteiger partial charge is 0.313 e. The first kappa shape index (κ1) is 13.5. The first-order valence-corrected chi connectivity index (χ1v) is 7.18. The molecular weight excluding hydrogens is 226 g/mol. The zero-order chi connectivity index (χ0) is 12.6. The molecule has 0 amide bonds. The van der Waals surface area contributed by atoms with Crippen molar-refractivity contribution in [2.24, 2.45) is 0 Å². The van der Waals surface area contributed by atoms with E-state index in [1.165, 1.54) is 45.3 Å². The smallest absolute Gasteiger partial charge is 0.137 e. The van der Waals surface area contributed by atoms with Gasteiger partial charge in [-0.05, 0) is 45.3 Å². The van der Waals surface area contributed by atoms with E-state index in [2.05, 4.69) is 32.3 Å². The molecule has 0 spiro atoms. The van der Waals surface area contributed by atoms with Crippen LogP contribution >= 0.6 is 0 Å². The van der Waals surface area contributed by atoms with Gasteiger partial charge in [0.25, 0.3) is 0 Å². The number of H-pyrrole nitrogens is 1. The van der Waals surface area contributed by atoms with Crippen LogP contribution in [0.2, 0.25) is 0 Å². The van der Waals surface area contributed by atoms with Crippen LogP contribution in [-0.4, -0.2) is 52.3 Å². The Labute approximate surface area is 109 Å². The topological polar surface area (TPSA) is 56.8 Å². The predicted octanol–water partition coefficient (Wildman–Crippen LogP) is 1.20. The number of hydrogen-bond donors (Lipinski definition) is 2. The van der Waals surface area contributed by atoms with Gasteiger partial charge in [0.1, 0.15) is 12.2 Å². The lowest BCUT2D eigenvalue weighted by molar-refractivity contribution is 0.282. The van der Waals surface area contributed by atoms with Crippen molar-refractivity contribution in [3.05, 3.63) is 12.2 Å². The van der Waals surface area contributed by atoms with Crippen LogP contribution < -0.4 is 5.32 Å². The zero-order valence-corrected chi connectivity index (χ0v) is 11.4. The summed E-state index contributed by atoms with van der Waals surface area (Å²) in [5.41, 5.74) is 0. The van der Waals surface area contributed by atoms with Gasteiger partial charge in [0, 0.05) is 19.0 Å². The minimum Gasteiger partial charge on any atom is -0.313 e. The van der Waals surface area contributed by atoms with Gasteiger partial charge in [0.05, 0.1) is 0 Å². The van der Waals surface area contributed by atoms with Gasteiger partial charge < -0.3 is 10.2 Å². The van der Waals surface area contributed by atoms with Gasteiger partial charge in [0.15, 0.2) is 0 Å². The molecule has 5 heteroatoms. The molecule has 0 aromatic carbocycles. The van der Waals surface area contributed by atoms with Gasteiger partial charge in [-0.1, -0.05) is 6.92 Å². The molecule has 2 rings (SSSR count). The molecule has 102 valence electrons. The Morgan fingerprint density at radius 1 is 1.44 bits per heavy atom. The van der Waals surface area contributed by atoms with E-state index in [4.69, 9.17) is 0 Å². The van der Waals surface area contributed by atoms with E-state index in [0.29, 0.717) is 6.04 Å². The molecule has 1 unspecified atom stereocenters. The van der Waals surface area contributed by atoms with Crippen LogP contribution in [0.3, 0.4) is 0 Å². The van der Waals surface area contributed by atoms with Gasteiger partial charge in [-0.2, -0.15) is 5.10 Å². The van der Waals surface area contributed by atoms with E-state index >= 15 is 0 Å². The Hall–Kier alpha value is -0.940. The minimum absolute atomic E-state index is 0.676. The lowest BCUT2D eigenvalue weighted by atomic mass is 10.1. The molecule has 0 aliphatic carbocycles. The lowest BCUT2D eigenvalue weighted by Crippen LogP contribution is -2.32. The first-order chi connectivity index (χ1) is 8.88. The fraction of sp³-hybridized carbons (Fsp3) is 0.846. The maximum Gasteiger partial charge on any atom is 0.137 e. The Kier molecular flexibility index (Phi) is 5.61. The molecule has 18 heavy (non-hydrogen) atoms. The molecule has 1 aromatic rings. The van der Waals surface area contributed by atoms with Crippen LogP contribution in [0.25, 0.3) is 0 Å². The summed E-state index contributed by atoms with van der Waals surface area (Å²) < 4.78 is 0. The summed E-state index contributed by atoms with van der Waals surface area (Å²) in [6.45, 7) is 7.03. The van der Waals surface area contributed by atoms with Gasteiger partial charge in [0.2, 0.25) is 0 Å². The summed E-state index contributed by atoms with van der Waals surface area (Å²) in [6, 6.07) is 0.676. The zero-order valence-electron chi connectivity index (χ0n) is 11.4. The first-order valence-electron chi connectivity index (χ1n) is 7.18. The second kappa shape index (κ2) is 7.48. The van der Waals surface area contributed by atoms with E-state index in [-0.39, 0.29) is 0 Å². The summed E-state index contributed by atoms with van der Waals surface area (Å²) in [4.78, 5) is 6.73. The van der Waals surface area contributed by atoms with Crippen molar-refractivity contribution in [2.45, 2.75) is 45.1 Å². The fourth-order valence-corrected chi connectivity index (χ4v) is 2.65. The van der Waals surface area contributed by atoms with E-state index in [0.717, 1.165) is 18.8 Å². The Morgan fingerprint density at radius 3 is 3.17 bits per heavy atom. The van der Waals surface area contributed by atoms with Crippen molar-refractivity contribution in [2.75, 3.05) is 26.2 Å². The maximum atomic E-state index is 4.14. The van der Waals surface area contributed by atoms with Crippen LogP contribution in [0.15, 0.2) is 6.33 Å². The number of likely N-dealkylation sites (tertiary alicyclic amines) is 1. The summed E-state index contributed by atoms with van der Waals surface area (Å²) in [6.07, 6.45) is 7.68. The molecule has 1 aromatic heterocycles. The Bertz CT molecular complexity index is 311. The second-order valence-electron chi connectivity index (χ2n) is 5.11. The molecule has 1 saturated heterocycles. The van der Waals surface area contributed by atoms with Crippen LogP contribution in [0.1, 0.15) is 38.4 Å². The van der Waals surface area contributed by atoms with E-state index in [1.807, 2.05) is 0 Å². The van der Waals surface area contributed by atoms with Crippen LogP contribution in [0.5, 0.6) is 0 Å². The molecule has 5 nitrogen and oxygen atoms in total. The van der Waals surface area contributed by atoms with Crippen molar-refractivity contribution < 1.29 is 0 Å². The third-order valence-electron chi connectivity index (χ3n) is 3.62. The molecular formula is C13H25N5. The molecule has 0 radical (unpaired) electrons. The van der Waals surface area contributed by atoms with E-state index < -0.39 is 0 Å². The molecule has 0 saturated carbocycles. The van der Waals surface area contributed by atoms with Gasteiger partial charge >= 0.3 is 0 Å². The average Bonchev–Trinajstić information content (AvgIpc) is 2.78. The SMILES string of the molecule is CCCN1CCCC(NCCc2ncn[nH]2)CC1. The van der Waals surface area contributed by atoms with E-state index in [1.54, 1.807) is 6.33 Å². The summed E-state index contributed by atoms with van der Waals surface area (Å²) in [5.74, 6) is 0.976. The Morgan fingerprint density at radius 2 is 2.39 bits per heavy atom. The highest BCUT2D eigenvalue weighted by atomic mass is 15.2. The number of nitrogens with one attached hydrogen (secondary N) is 2. The molecule has 0 bridgehead atoms. The standard InChI is InChI=1S/C13H25N5/c1-2-8-18-9-3-4-12(6-10-18)14-7-5-13-15-11-16-17-13/h11-12,14H,2-10H2,1H3,(H,15,16,17). The van der Waals surface area contributed by atoms with Crippen molar-refractivity contribution in [3.8, 4) is 0 Å². The second-order valence-corrected chi connectivity index (χ2v) is 5.11. The van der Waals surface area contributed by atoms with Crippen molar-refractivity contribution in [1.29, 1.82) is 0 Å². The average molecular weight is 251 g/mol. The number of nitrogens with zero attached hydrogens (tertiary/aromatic N) is 3. The summed E-state index contributed by atoms with van der Waals surface area (Å²) in [5, 5.41) is 10.4. The highest BCUT2D eigenvalue weighted by molar-refractivity contribution is 4.82. The number of hydrogen-bond acceptors (Lipinski definition) is 4. The molecule has 2 N–H and O–H groups in total. The van der Waals surface area contributed by atoms with Crippen LogP contribution in [0.4, 0.5) is 0 Å². The molecule has 1 atom stereocenters. The number of aromatic amines is 1. The highest BCUT2D eigenvalue weighted by Crippen LogP contribution is 2.11. The van der Waals surface area contributed by atoms with Crippen molar-refractivity contribution in [1.82, 2.24) is 25.4 Å². The molecule has 1 fully saturated rings. The molecule has 1 aliphatic heterocycles. The third kappa shape index (κ3) is 4.38. The monoisotopic (exact) mass is 251 g/mol. The normalized spacial score (nSPS) is 21.9. The molecule has 1 aliphatic rings. The third-order valence-corrected chi connectivity index (χ3v) is 3.62. The van der Waals surface area contributed by atoms with E-state index in [9.17, 15) is 0 Å². The lowest BCUT2D eigenvalue weighted by Gasteiger charge is -2.19. The van der Waals surface area contributed by atoms with Gasteiger partial charge in [-0.3, -0.25) is 5.10 Å². The highest BCUT2D eigenvalue weighted by Gasteiger charge is 2.15. The summed E-state index contributed by atoms with van der Waals surface area (Å²) >= 11 is 0. The summed E-state index contributed by atoms with van der Waals surface area (Å²) in [7, 11) is 0. The maximum absolute atomic E-state index is 4.14. The van der Waals surface area contributed by atoms with Gasteiger partial charge in [-0.25, -0.2) is 4.98 Å². The fourth-order valence-electron chi connectivity index (χ4n) is 2.65. The molecule has 2 heterocycles. The van der Waals surface area contributed by atoms with Crippen molar-refractivity contribution >= 4 is 0 Å². The minimum atomic E-state index is 0.676. The number of aromatic nitrogens is 3. The van der Waals surface area contributed by atoms with Crippen molar-refractivity contribution in [3.63, 3.8) is 0 Å². The van der Waals surface area contributed by atoms with Crippen LogP contribution in [0, 0.1) is 0 Å². The quantitative estimate of drug-likeness (QED) is 0.798. The van der Waals surface area contributed by atoms with Crippen LogP contribution in [-0.2, 0) is 6.42 Å². The van der Waals surface area contributed by atoms with Gasteiger partial charge in [-0.15, -0.1) is 0 Å².